The van der Waals surface area contributed by atoms with Gasteiger partial charge in [0.15, 0.2) is 12.4 Å². The third-order valence-corrected chi connectivity index (χ3v) is 8.51. The summed E-state index contributed by atoms with van der Waals surface area (Å²) in [5.74, 6) is -1.47. The Morgan fingerprint density at radius 2 is 1.79 bits per heavy atom. The molecule has 0 aliphatic carbocycles. The molecule has 0 bridgehead atoms. The van der Waals surface area contributed by atoms with E-state index in [2.05, 4.69) is 31.3 Å². The zero-order valence-electron chi connectivity index (χ0n) is 24.7. The van der Waals surface area contributed by atoms with Crippen LogP contribution in [0.2, 0.25) is 5.02 Å². The van der Waals surface area contributed by atoms with Crippen LogP contribution in [0.5, 0.6) is 17.2 Å². The third kappa shape index (κ3) is 7.66. The van der Waals surface area contributed by atoms with E-state index in [1.54, 1.807) is 6.07 Å². The maximum absolute atomic E-state index is 14.1. The van der Waals surface area contributed by atoms with Crippen LogP contribution in [0.4, 0.5) is 22.0 Å². The minimum Gasteiger partial charge on any atom is -0.497 e. The summed E-state index contributed by atoms with van der Waals surface area (Å²) in [5.41, 5.74) is -0.417. The van der Waals surface area contributed by atoms with Gasteiger partial charge in [-0.1, -0.05) is 17.7 Å². The van der Waals surface area contributed by atoms with Crippen LogP contribution in [0, 0.1) is 0 Å². The number of hydrogen-bond donors (Lipinski definition) is 2. The van der Waals surface area contributed by atoms with Gasteiger partial charge in [-0.05, 0) is 64.5 Å². The number of carbonyl (C=O) groups excluding carboxylic acids is 2. The number of alkyl halides is 5. The number of halogens is 7. The Morgan fingerprint density at radius 3 is 2.44 bits per heavy atom. The molecule has 1 unspecified atom stereocenters. The Morgan fingerprint density at radius 1 is 1.08 bits per heavy atom. The molecular weight excluding hydrogens is 735 g/mol. The SMILES string of the molecule is COc1ccc(CNC(=O)c2c3n(c(=O)n2-c2ccc(OCC(F)(F)F)cc2)C(C(=O)c2ccc(Br)c(Cl)c2)CNC3)c(OC(F)F)c1. The Kier molecular flexibility index (Phi) is 10.5. The molecule has 1 aliphatic heterocycles. The number of Topliss-reactive ketones (excluding diaryl/α,β-unsaturated/α-hetero) is 1. The Labute approximate surface area is 282 Å². The summed E-state index contributed by atoms with van der Waals surface area (Å²) >= 11 is 9.48. The second-order valence-corrected chi connectivity index (χ2v) is 11.6. The van der Waals surface area contributed by atoms with Crippen molar-refractivity contribution in [3.05, 3.63) is 103 Å². The Bertz CT molecular complexity index is 1900. The zero-order valence-corrected chi connectivity index (χ0v) is 27.1. The Balaban J connectivity index is 1.56. The van der Waals surface area contributed by atoms with Gasteiger partial charge < -0.3 is 24.8 Å². The average Bonchev–Trinajstić information content (AvgIpc) is 3.35. The van der Waals surface area contributed by atoms with Crippen molar-refractivity contribution < 1.29 is 45.8 Å². The van der Waals surface area contributed by atoms with E-state index in [-0.39, 0.29) is 70.1 Å². The fourth-order valence-electron chi connectivity index (χ4n) is 5.12. The fraction of sp³-hybridized carbons (Fsp3) is 0.258. The number of ketones is 1. The molecule has 2 heterocycles. The van der Waals surface area contributed by atoms with Gasteiger partial charge in [0.05, 0.1) is 23.5 Å². The highest BCUT2D eigenvalue weighted by Gasteiger charge is 2.36. The Hall–Kier alpha value is -4.41. The molecule has 3 aromatic carbocycles. The summed E-state index contributed by atoms with van der Waals surface area (Å²) in [6, 6.07) is 12.5. The van der Waals surface area contributed by atoms with Crippen LogP contribution in [-0.2, 0) is 13.1 Å². The highest BCUT2D eigenvalue weighted by atomic mass is 79.9. The van der Waals surface area contributed by atoms with Crippen LogP contribution in [0.15, 0.2) is 69.9 Å². The number of nitrogens with zero attached hydrogens (tertiary/aromatic N) is 2. The number of amides is 1. The molecule has 1 atom stereocenters. The van der Waals surface area contributed by atoms with E-state index in [0.717, 1.165) is 4.57 Å². The lowest BCUT2D eigenvalue weighted by Gasteiger charge is -2.25. The number of nitrogens with one attached hydrogen (secondary N) is 2. The van der Waals surface area contributed by atoms with Crippen LogP contribution in [0.25, 0.3) is 5.69 Å². The normalized spacial score (nSPS) is 14.4. The molecule has 48 heavy (non-hydrogen) atoms. The highest BCUT2D eigenvalue weighted by molar-refractivity contribution is 9.10. The third-order valence-electron chi connectivity index (χ3n) is 7.28. The molecule has 0 spiro atoms. The van der Waals surface area contributed by atoms with Crippen LogP contribution in [-0.4, -0.2) is 53.9 Å². The topological polar surface area (TPSA) is 113 Å². The maximum Gasteiger partial charge on any atom is 0.422 e. The van der Waals surface area contributed by atoms with Crippen molar-refractivity contribution in [2.75, 3.05) is 20.3 Å². The van der Waals surface area contributed by atoms with Gasteiger partial charge in [-0.3, -0.25) is 18.7 Å². The molecular formula is C31H25BrClF5N4O6. The molecule has 0 radical (unpaired) electrons. The van der Waals surface area contributed by atoms with Crippen LogP contribution >= 0.6 is 27.5 Å². The summed E-state index contributed by atoms with van der Waals surface area (Å²) in [6.45, 7) is -5.03. The number of methoxy groups -OCH3 is 1. The molecule has 0 fully saturated rings. The minimum absolute atomic E-state index is 0.0227. The molecule has 1 aliphatic rings. The summed E-state index contributed by atoms with van der Waals surface area (Å²) in [5, 5.41) is 5.93. The molecule has 254 valence electrons. The van der Waals surface area contributed by atoms with Gasteiger partial charge in [0.25, 0.3) is 5.91 Å². The van der Waals surface area contributed by atoms with Crippen molar-refractivity contribution in [2.45, 2.75) is 31.9 Å². The number of carbonyl (C=O) groups is 2. The minimum atomic E-state index is -4.58. The van der Waals surface area contributed by atoms with Crippen molar-refractivity contribution >= 4 is 39.2 Å². The first kappa shape index (κ1) is 34.9. The summed E-state index contributed by atoms with van der Waals surface area (Å²) in [7, 11) is 1.34. The predicted octanol–water partition coefficient (Wildman–Crippen LogP) is 6.06. The first-order valence-corrected chi connectivity index (χ1v) is 15.2. The van der Waals surface area contributed by atoms with Crippen molar-refractivity contribution in [2.24, 2.45) is 0 Å². The molecule has 2 N–H and O–H groups in total. The lowest BCUT2D eigenvalue weighted by molar-refractivity contribution is -0.153. The quantitative estimate of drug-likeness (QED) is 0.141. The predicted molar refractivity (Wildman–Crippen MR) is 167 cm³/mol. The number of imidazole rings is 1. The monoisotopic (exact) mass is 758 g/mol. The second-order valence-electron chi connectivity index (χ2n) is 10.4. The van der Waals surface area contributed by atoms with Gasteiger partial charge >= 0.3 is 18.5 Å². The van der Waals surface area contributed by atoms with E-state index in [1.807, 2.05) is 0 Å². The molecule has 5 rings (SSSR count). The zero-order chi connectivity index (χ0) is 34.7. The summed E-state index contributed by atoms with van der Waals surface area (Å²) in [6.07, 6.45) is -4.58. The number of hydrogen-bond acceptors (Lipinski definition) is 7. The molecule has 1 aromatic heterocycles. The van der Waals surface area contributed by atoms with E-state index in [9.17, 15) is 36.3 Å². The molecule has 1 amide bonds. The maximum atomic E-state index is 14.1. The summed E-state index contributed by atoms with van der Waals surface area (Å²) in [4.78, 5) is 41.7. The fourth-order valence-corrected chi connectivity index (χ4v) is 5.55. The van der Waals surface area contributed by atoms with E-state index < -0.39 is 42.8 Å². The lowest BCUT2D eigenvalue weighted by Crippen LogP contribution is -2.42. The molecule has 4 aromatic rings. The van der Waals surface area contributed by atoms with Crippen molar-refractivity contribution in [1.82, 2.24) is 19.8 Å². The number of fused-ring (bicyclic) bond motifs is 1. The lowest BCUT2D eigenvalue weighted by atomic mass is 10.0. The van der Waals surface area contributed by atoms with Gasteiger partial charge in [0.1, 0.15) is 29.0 Å². The number of ether oxygens (including phenoxy) is 3. The van der Waals surface area contributed by atoms with Crippen LogP contribution in [0.1, 0.15) is 38.1 Å². The highest BCUT2D eigenvalue weighted by Crippen LogP contribution is 2.30. The first-order valence-electron chi connectivity index (χ1n) is 14.0. The molecule has 0 saturated heterocycles. The van der Waals surface area contributed by atoms with Crippen molar-refractivity contribution in [3.63, 3.8) is 0 Å². The van der Waals surface area contributed by atoms with E-state index in [4.69, 9.17) is 21.1 Å². The van der Waals surface area contributed by atoms with Gasteiger partial charge in [-0.2, -0.15) is 22.0 Å². The van der Waals surface area contributed by atoms with Gasteiger partial charge in [-0.25, -0.2) is 4.79 Å². The van der Waals surface area contributed by atoms with E-state index >= 15 is 0 Å². The molecule has 0 saturated carbocycles. The van der Waals surface area contributed by atoms with E-state index in [0.29, 0.717) is 4.47 Å². The molecule has 10 nitrogen and oxygen atoms in total. The average molecular weight is 760 g/mol. The standard InChI is InChI=1S/C31H25BrClF5N4O6/c1-46-20-6-2-17(25(11-20)48-29(34)35)12-40-28(44)26-23-13-39-14-24(27(43)16-3-9-21(32)22(33)10-16)42(23)30(45)41(26)18-4-7-19(8-5-18)47-15-31(36,37)38/h2-11,24,29,39H,12-15H2,1H3,(H,40,44). The van der Waals surface area contributed by atoms with Gasteiger partial charge in [0.2, 0.25) is 0 Å². The largest absolute Gasteiger partial charge is 0.497 e. The number of benzene rings is 3. The van der Waals surface area contributed by atoms with Crippen molar-refractivity contribution in [1.29, 1.82) is 0 Å². The van der Waals surface area contributed by atoms with Crippen LogP contribution < -0.4 is 30.5 Å². The van der Waals surface area contributed by atoms with Crippen molar-refractivity contribution in [3.8, 4) is 22.9 Å². The number of rotatable bonds is 11. The smallest absolute Gasteiger partial charge is 0.422 e. The number of aromatic nitrogens is 2. The van der Waals surface area contributed by atoms with Crippen LogP contribution in [0.3, 0.4) is 0 Å². The van der Waals surface area contributed by atoms with Gasteiger partial charge in [0, 0.05) is 41.3 Å². The van der Waals surface area contributed by atoms with Gasteiger partial charge in [-0.15, -0.1) is 0 Å². The summed E-state index contributed by atoms with van der Waals surface area (Å²) < 4.78 is 81.5. The second kappa shape index (κ2) is 14.4. The first-order chi connectivity index (χ1) is 22.8. The van der Waals surface area contributed by atoms with E-state index in [1.165, 1.54) is 66.3 Å². The molecule has 17 heteroatoms.